The van der Waals surface area contributed by atoms with Crippen LogP contribution < -0.4 is 15.2 Å². The number of ether oxygens (including phenoxy) is 2. The summed E-state index contributed by atoms with van der Waals surface area (Å²) in [6, 6.07) is 13.0. The molecule has 0 fully saturated rings. The van der Waals surface area contributed by atoms with E-state index in [9.17, 15) is 5.11 Å². The molecular formula is C22H19N5O3. The van der Waals surface area contributed by atoms with Gasteiger partial charge in [0.15, 0.2) is 0 Å². The van der Waals surface area contributed by atoms with Gasteiger partial charge in [-0.3, -0.25) is 0 Å². The minimum atomic E-state index is -0.0738. The highest BCUT2D eigenvalue weighted by molar-refractivity contribution is 5.87. The molecule has 0 radical (unpaired) electrons. The Bertz CT molecular complexity index is 1260. The summed E-state index contributed by atoms with van der Waals surface area (Å²) in [5, 5.41) is 11.2. The largest absolute Gasteiger partial charge is 0.497 e. The summed E-state index contributed by atoms with van der Waals surface area (Å²) < 4.78 is 11.2. The average molecular weight is 401 g/mol. The zero-order valence-corrected chi connectivity index (χ0v) is 16.2. The summed E-state index contributed by atoms with van der Waals surface area (Å²) in [6.45, 7) is 0.447. The highest BCUT2D eigenvalue weighted by Gasteiger charge is 2.25. The molecule has 1 atom stereocenters. The van der Waals surface area contributed by atoms with Crippen LogP contribution in [0.15, 0.2) is 48.7 Å². The molecule has 0 amide bonds. The van der Waals surface area contributed by atoms with Crippen molar-refractivity contribution in [3.05, 3.63) is 60.0 Å². The number of aromatic hydroxyl groups is 1. The van der Waals surface area contributed by atoms with Gasteiger partial charge in [-0.25, -0.2) is 15.0 Å². The maximum Gasteiger partial charge on any atom is 0.222 e. The Balaban J connectivity index is 1.50. The number of aromatic nitrogens is 4. The maximum absolute atomic E-state index is 10.6. The Morgan fingerprint density at radius 3 is 2.83 bits per heavy atom. The van der Waals surface area contributed by atoms with Crippen molar-refractivity contribution in [2.24, 2.45) is 0 Å². The van der Waals surface area contributed by atoms with Crippen LogP contribution in [0.5, 0.6) is 17.4 Å². The van der Waals surface area contributed by atoms with Crippen molar-refractivity contribution < 1.29 is 14.6 Å². The predicted octanol–water partition coefficient (Wildman–Crippen LogP) is 3.10. The Labute approximate surface area is 172 Å². The number of rotatable bonds is 3. The second-order valence-corrected chi connectivity index (χ2v) is 7.12. The molecule has 0 aliphatic carbocycles. The van der Waals surface area contributed by atoms with E-state index in [1.54, 1.807) is 25.4 Å². The quantitative estimate of drug-likeness (QED) is 0.538. The molecule has 1 unspecified atom stereocenters. The van der Waals surface area contributed by atoms with E-state index in [1.807, 2.05) is 30.3 Å². The second kappa shape index (κ2) is 7.14. The number of nitrogens with zero attached hydrogens (tertiary/aromatic N) is 4. The van der Waals surface area contributed by atoms with Gasteiger partial charge in [-0.05, 0) is 48.4 Å². The van der Waals surface area contributed by atoms with Crippen molar-refractivity contribution in [3.63, 3.8) is 0 Å². The van der Waals surface area contributed by atoms with E-state index in [0.29, 0.717) is 35.4 Å². The molecule has 0 saturated heterocycles. The van der Waals surface area contributed by atoms with Gasteiger partial charge in [-0.15, -0.1) is 0 Å². The molecule has 2 aromatic carbocycles. The summed E-state index contributed by atoms with van der Waals surface area (Å²) in [5.74, 6) is 2.21. The SMILES string of the molecule is COc1ccc2c(c1)CC(c1nc(O)c3cc(-c4ccnc(N)n4)ccc3n1)CO2. The Morgan fingerprint density at radius 1 is 1.10 bits per heavy atom. The highest BCUT2D eigenvalue weighted by atomic mass is 16.5. The lowest BCUT2D eigenvalue weighted by atomic mass is 9.95. The van der Waals surface area contributed by atoms with Crippen molar-refractivity contribution in [1.82, 2.24) is 19.9 Å². The first-order chi connectivity index (χ1) is 14.6. The van der Waals surface area contributed by atoms with Crippen molar-refractivity contribution in [1.29, 1.82) is 0 Å². The van der Waals surface area contributed by atoms with Crippen molar-refractivity contribution >= 4 is 16.9 Å². The minimum absolute atomic E-state index is 0.0683. The van der Waals surface area contributed by atoms with E-state index in [0.717, 1.165) is 22.6 Å². The molecule has 3 N–H and O–H groups in total. The van der Waals surface area contributed by atoms with Gasteiger partial charge in [0.05, 0.1) is 36.2 Å². The third-order valence-electron chi connectivity index (χ3n) is 5.20. The van der Waals surface area contributed by atoms with Gasteiger partial charge in [0.1, 0.15) is 17.3 Å². The zero-order valence-electron chi connectivity index (χ0n) is 16.2. The molecule has 30 heavy (non-hydrogen) atoms. The first kappa shape index (κ1) is 18.1. The van der Waals surface area contributed by atoms with Crippen molar-refractivity contribution in [2.45, 2.75) is 12.3 Å². The van der Waals surface area contributed by atoms with Gasteiger partial charge in [0.2, 0.25) is 11.8 Å². The fourth-order valence-corrected chi connectivity index (χ4v) is 3.67. The molecule has 8 nitrogen and oxygen atoms in total. The van der Waals surface area contributed by atoms with Crippen LogP contribution in [0.2, 0.25) is 0 Å². The van der Waals surface area contributed by atoms with Crippen LogP contribution in [-0.2, 0) is 6.42 Å². The van der Waals surface area contributed by atoms with Crippen LogP contribution in [0.25, 0.3) is 22.2 Å². The van der Waals surface area contributed by atoms with E-state index >= 15 is 0 Å². The molecule has 0 bridgehead atoms. The fraction of sp³-hybridized carbons (Fsp3) is 0.182. The summed E-state index contributed by atoms with van der Waals surface area (Å²) in [5.41, 5.74) is 8.82. The topological polar surface area (TPSA) is 116 Å². The van der Waals surface area contributed by atoms with E-state index in [1.165, 1.54) is 0 Å². The Hall–Kier alpha value is -3.94. The number of fused-ring (bicyclic) bond motifs is 2. The van der Waals surface area contributed by atoms with Gasteiger partial charge in [0.25, 0.3) is 0 Å². The Morgan fingerprint density at radius 2 is 2.00 bits per heavy atom. The lowest BCUT2D eigenvalue weighted by Gasteiger charge is -2.25. The molecule has 150 valence electrons. The number of hydrogen-bond donors (Lipinski definition) is 2. The fourth-order valence-electron chi connectivity index (χ4n) is 3.67. The van der Waals surface area contributed by atoms with Gasteiger partial charge >= 0.3 is 0 Å². The predicted molar refractivity (Wildman–Crippen MR) is 112 cm³/mol. The molecule has 8 heteroatoms. The smallest absolute Gasteiger partial charge is 0.222 e. The molecule has 0 spiro atoms. The summed E-state index contributed by atoms with van der Waals surface area (Å²) in [7, 11) is 1.64. The van der Waals surface area contributed by atoms with Crippen molar-refractivity contribution in [3.8, 4) is 28.6 Å². The minimum Gasteiger partial charge on any atom is -0.497 e. The molecule has 3 heterocycles. The number of nitrogens with two attached hydrogens (primary N) is 1. The van der Waals surface area contributed by atoms with Crippen LogP contribution in [0.3, 0.4) is 0 Å². The van der Waals surface area contributed by atoms with Crippen molar-refractivity contribution in [2.75, 3.05) is 19.5 Å². The van der Waals surface area contributed by atoms with Crippen LogP contribution >= 0.6 is 0 Å². The molecule has 1 aliphatic heterocycles. The summed E-state index contributed by atoms with van der Waals surface area (Å²) in [4.78, 5) is 17.2. The molecule has 2 aromatic heterocycles. The lowest BCUT2D eigenvalue weighted by molar-refractivity contribution is 0.256. The van der Waals surface area contributed by atoms with Crippen LogP contribution in [0.1, 0.15) is 17.3 Å². The molecule has 4 aromatic rings. The third kappa shape index (κ3) is 3.22. The van der Waals surface area contributed by atoms with Crippen LogP contribution in [0, 0.1) is 0 Å². The Kier molecular flexibility index (Phi) is 4.31. The second-order valence-electron chi connectivity index (χ2n) is 7.12. The first-order valence-corrected chi connectivity index (χ1v) is 9.50. The number of hydrogen-bond acceptors (Lipinski definition) is 8. The summed E-state index contributed by atoms with van der Waals surface area (Å²) in [6.07, 6.45) is 2.30. The lowest BCUT2D eigenvalue weighted by Crippen LogP contribution is -2.21. The summed E-state index contributed by atoms with van der Waals surface area (Å²) >= 11 is 0. The first-order valence-electron chi connectivity index (χ1n) is 9.50. The maximum atomic E-state index is 10.6. The molecule has 5 rings (SSSR count). The van der Waals surface area contributed by atoms with Gasteiger partial charge in [-0.1, -0.05) is 6.07 Å². The number of benzene rings is 2. The third-order valence-corrected chi connectivity index (χ3v) is 5.20. The standard InChI is InChI=1S/C22H19N5O3/c1-29-15-3-5-19-13(9-15)8-14(11-30-19)20-25-18-4-2-12(10-16(18)21(28)27-20)17-6-7-24-22(23)26-17/h2-7,9-10,14H,8,11H2,1H3,(H2,23,24,26)(H,25,27,28). The zero-order chi connectivity index (χ0) is 20.7. The number of nitrogen functional groups attached to an aromatic ring is 1. The van der Waals surface area contributed by atoms with E-state index in [4.69, 9.17) is 15.2 Å². The monoisotopic (exact) mass is 401 g/mol. The van der Waals surface area contributed by atoms with E-state index in [-0.39, 0.29) is 17.7 Å². The number of methoxy groups -OCH3 is 1. The van der Waals surface area contributed by atoms with Crippen LogP contribution in [0.4, 0.5) is 5.95 Å². The number of anilines is 1. The molecule has 1 aliphatic rings. The van der Waals surface area contributed by atoms with Crippen LogP contribution in [-0.4, -0.2) is 38.8 Å². The van der Waals surface area contributed by atoms with Gasteiger partial charge in [-0.2, -0.15) is 4.98 Å². The van der Waals surface area contributed by atoms with Gasteiger partial charge < -0.3 is 20.3 Å². The normalized spacial score (nSPS) is 15.4. The highest BCUT2D eigenvalue weighted by Crippen LogP contribution is 2.35. The molecule has 0 saturated carbocycles. The molecular weight excluding hydrogens is 382 g/mol. The van der Waals surface area contributed by atoms with E-state index < -0.39 is 0 Å². The van der Waals surface area contributed by atoms with E-state index in [2.05, 4.69) is 19.9 Å². The van der Waals surface area contributed by atoms with Gasteiger partial charge in [0, 0.05) is 11.8 Å². The average Bonchev–Trinajstić information content (AvgIpc) is 2.78.